The van der Waals surface area contributed by atoms with Gasteiger partial charge < -0.3 is 9.84 Å². The van der Waals surface area contributed by atoms with Crippen molar-refractivity contribution in [2.75, 3.05) is 6.61 Å². The Kier molecular flexibility index (Phi) is 5.45. The first-order valence-corrected chi connectivity index (χ1v) is 12.3. The second-order valence-corrected chi connectivity index (χ2v) is 11.6. The Bertz CT molecular complexity index is 823. The van der Waals surface area contributed by atoms with Crippen molar-refractivity contribution in [3.05, 3.63) is 0 Å². The van der Waals surface area contributed by atoms with Gasteiger partial charge in [-0.25, -0.2) is 0 Å². The predicted molar refractivity (Wildman–Crippen MR) is 99.9 cm³/mol. The quantitative estimate of drug-likeness (QED) is 0.332. The van der Waals surface area contributed by atoms with E-state index < -0.39 is 51.8 Å². The molecule has 5 aliphatic carbocycles. The number of halogens is 4. The van der Waals surface area contributed by atoms with Gasteiger partial charge in [-0.05, 0) is 68.1 Å². The Morgan fingerprint density at radius 3 is 2.10 bits per heavy atom. The fourth-order valence-electron chi connectivity index (χ4n) is 7.18. The maximum atomic E-state index is 13.6. The number of hydrogen-bond acceptors (Lipinski definition) is 5. The van der Waals surface area contributed by atoms with Crippen molar-refractivity contribution in [2.24, 2.45) is 29.1 Å². The summed E-state index contributed by atoms with van der Waals surface area (Å²) in [5, 5.41) is 5.65. The maximum Gasteiger partial charge on any atom is 0.431 e. The summed E-state index contributed by atoms with van der Waals surface area (Å²) >= 11 is 0. The number of ether oxygens (including phenoxy) is 1. The molecule has 31 heavy (non-hydrogen) atoms. The van der Waals surface area contributed by atoms with Gasteiger partial charge in [0.25, 0.3) is 0 Å². The van der Waals surface area contributed by atoms with Crippen LogP contribution < -0.4 is 0 Å². The molecule has 0 aromatic carbocycles. The van der Waals surface area contributed by atoms with E-state index in [-0.39, 0.29) is 17.3 Å². The molecule has 5 saturated carbocycles. The molecule has 0 heterocycles. The molecule has 2 atom stereocenters. The van der Waals surface area contributed by atoms with E-state index in [0.29, 0.717) is 18.8 Å². The van der Waals surface area contributed by atoms with Gasteiger partial charge in [0.15, 0.2) is 0 Å². The molecule has 5 rings (SSSR count). The zero-order chi connectivity index (χ0) is 22.9. The van der Waals surface area contributed by atoms with Crippen molar-refractivity contribution in [1.82, 2.24) is 0 Å². The van der Waals surface area contributed by atoms with Crippen LogP contribution in [-0.2, 0) is 19.6 Å². The fraction of sp³-hybridized carbons (Fsp3) is 0.950. The van der Waals surface area contributed by atoms with Crippen LogP contribution in [0.2, 0.25) is 0 Å². The normalized spacial score (nSPS) is 37.2. The Balaban J connectivity index is 1.40. The molecule has 0 radical (unpaired) electrons. The first-order valence-electron chi connectivity index (χ1n) is 10.8. The predicted octanol–water partition coefficient (Wildman–Crippen LogP) is 3.78. The van der Waals surface area contributed by atoms with E-state index >= 15 is 0 Å². The number of esters is 1. The van der Waals surface area contributed by atoms with Gasteiger partial charge in [0.1, 0.15) is 0 Å². The second-order valence-electron chi connectivity index (χ2n) is 10.1. The molecule has 6 nitrogen and oxygen atoms in total. The van der Waals surface area contributed by atoms with Gasteiger partial charge in [-0.15, -0.1) is 0 Å². The van der Waals surface area contributed by atoms with Crippen LogP contribution >= 0.6 is 0 Å². The Morgan fingerprint density at radius 1 is 1.03 bits per heavy atom. The van der Waals surface area contributed by atoms with Gasteiger partial charge in [-0.2, -0.15) is 26.0 Å². The summed E-state index contributed by atoms with van der Waals surface area (Å²) in [6.07, 6.45) is 5.63. The van der Waals surface area contributed by atoms with Crippen LogP contribution in [0.5, 0.6) is 0 Å². The number of carbonyl (C=O) groups excluding carboxylic acids is 1. The lowest BCUT2D eigenvalue weighted by atomic mass is 9.42. The Morgan fingerprint density at radius 2 is 1.58 bits per heavy atom. The molecule has 0 aromatic heterocycles. The zero-order valence-electron chi connectivity index (χ0n) is 17.0. The van der Waals surface area contributed by atoms with E-state index in [4.69, 9.17) is 9.29 Å². The first-order chi connectivity index (χ1) is 14.2. The van der Waals surface area contributed by atoms with Crippen molar-refractivity contribution in [3.63, 3.8) is 0 Å². The summed E-state index contributed by atoms with van der Waals surface area (Å²) in [6.45, 7) is -1.08. The third-order valence-corrected chi connectivity index (χ3v) is 9.32. The van der Waals surface area contributed by atoms with Gasteiger partial charge in [0.05, 0.1) is 24.5 Å². The molecule has 2 N–H and O–H groups in total. The average Bonchev–Trinajstić information content (AvgIpc) is 3.08. The van der Waals surface area contributed by atoms with Crippen molar-refractivity contribution < 1.29 is 45.2 Å². The molecule has 11 heteroatoms. The molecular weight excluding hydrogens is 444 g/mol. The molecule has 178 valence electrons. The van der Waals surface area contributed by atoms with E-state index in [1.54, 1.807) is 0 Å². The summed E-state index contributed by atoms with van der Waals surface area (Å²) in [4.78, 5) is 12.7. The largest absolute Gasteiger partial charge is 0.465 e. The van der Waals surface area contributed by atoms with Crippen LogP contribution in [0.4, 0.5) is 17.6 Å². The summed E-state index contributed by atoms with van der Waals surface area (Å²) in [5.41, 5.74) is -0.942. The highest BCUT2D eigenvalue weighted by molar-refractivity contribution is 7.87. The van der Waals surface area contributed by atoms with Gasteiger partial charge in [-0.3, -0.25) is 9.35 Å². The van der Waals surface area contributed by atoms with Gasteiger partial charge >= 0.3 is 27.3 Å². The van der Waals surface area contributed by atoms with Crippen molar-refractivity contribution in [3.8, 4) is 0 Å². The lowest BCUT2D eigenvalue weighted by Crippen LogP contribution is -2.61. The zero-order valence-corrected chi connectivity index (χ0v) is 17.9. The van der Waals surface area contributed by atoms with Gasteiger partial charge in [0.2, 0.25) is 0 Å². The van der Waals surface area contributed by atoms with Crippen LogP contribution in [0, 0.1) is 29.1 Å². The summed E-state index contributed by atoms with van der Waals surface area (Å²) in [5.74, 6) is -6.00. The van der Waals surface area contributed by atoms with Crippen LogP contribution in [0.15, 0.2) is 0 Å². The first kappa shape index (κ1) is 23.2. The molecule has 5 aliphatic rings. The topological polar surface area (TPSA) is 101 Å². The standard InChI is InChI=1S/C20H28F4O6S/c21-19(22,20(23,24)31(27,28)29)5-6-30-16(25)15-13-7-12-8-14(15)11-17(9-12,10-13)18(26)3-1-2-4-18/h12-15,26H,1-11H2,(H,27,28,29). The smallest absolute Gasteiger partial charge is 0.431 e. The third-order valence-electron chi connectivity index (χ3n) is 8.37. The fourth-order valence-corrected chi connectivity index (χ4v) is 7.66. The highest BCUT2D eigenvalue weighted by Crippen LogP contribution is 2.67. The number of rotatable bonds is 7. The van der Waals surface area contributed by atoms with Gasteiger partial charge in [-0.1, -0.05) is 12.8 Å². The lowest BCUT2D eigenvalue weighted by molar-refractivity contribution is -0.207. The van der Waals surface area contributed by atoms with Crippen LogP contribution in [0.3, 0.4) is 0 Å². The summed E-state index contributed by atoms with van der Waals surface area (Å²) < 4.78 is 88.3. The van der Waals surface area contributed by atoms with E-state index in [2.05, 4.69) is 0 Å². The van der Waals surface area contributed by atoms with Gasteiger partial charge in [0, 0.05) is 0 Å². The summed E-state index contributed by atoms with van der Waals surface area (Å²) in [6, 6.07) is 0. The minimum Gasteiger partial charge on any atom is -0.465 e. The van der Waals surface area contributed by atoms with E-state index in [1.807, 2.05) is 0 Å². The van der Waals surface area contributed by atoms with Crippen LogP contribution in [0.1, 0.15) is 64.2 Å². The molecule has 0 spiro atoms. The molecule has 4 bridgehead atoms. The molecule has 0 aromatic rings. The SMILES string of the molecule is O=C(OCCC(F)(F)C(F)(F)S(=O)(=O)O)C1C2CC3CC1CC(C1(O)CCCC1)(C3)C2. The highest BCUT2D eigenvalue weighted by Gasteiger charge is 2.66. The highest BCUT2D eigenvalue weighted by atomic mass is 32.2. The summed E-state index contributed by atoms with van der Waals surface area (Å²) in [7, 11) is -6.31. The maximum absolute atomic E-state index is 13.6. The molecule has 0 amide bonds. The number of aliphatic hydroxyl groups is 1. The Hall–Kier alpha value is -0.940. The minimum atomic E-state index is -6.31. The van der Waals surface area contributed by atoms with E-state index in [9.17, 15) is 35.9 Å². The number of alkyl halides is 4. The van der Waals surface area contributed by atoms with Crippen molar-refractivity contribution >= 4 is 16.1 Å². The Labute approximate surface area is 178 Å². The molecule has 2 unspecified atom stereocenters. The average molecular weight is 472 g/mol. The third kappa shape index (κ3) is 3.58. The number of hydrogen-bond donors (Lipinski definition) is 2. The van der Waals surface area contributed by atoms with Crippen molar-refractivity contribution in [1.29, 1.82) is 0 Å². The monoisotopic (exact) mass is 472 g/mol. The van der Waals surface area contributed by atoms with E-state index in [1.165, 1.54) is 0 Å². The number of carbonyl (C=O) groups is 1. The minimum absolute atomic E-state index is 0.0388. The molecule has 0 saturated heterocycles. The second kappa shape index (κ2) is 7.28. The van der Waals surface area contributed by atoms with Crippen LogP contribution in [-0.4, -0.2) is 47.4 Å². The molecule has 5 fully saturated rings. The van der Waals surface area contributed by atoms with Crippen LogP contribution in [0.25, 0.3) is 0 Å². The molecule has 0 aliphatic heterocycles. The van der Waals surface area contributed by atoms with E-state index in [0.717, 1.165) is 44.9 Å². The lowest BCUT2D eigenvalue weighted by Gasteiger charge is -2.63. The molecular formula is C20H28F4O6S. The van der Waals surface area contributed by atoms with Crippen molar-refractivity contribution in [2.45, 2.75) is 81.0 Å².